The average Bonchev–Trinajstić information content (AvgIpc) is 1.38. The van der Waals surface area contributed by atoms with Gasteiger partial charge in [-0.3, -0.25) is 0 Å². The van der Waals surface area contributed by atoms with Crippen molar-refractivity contribution in [1.82, 2.24) is 0 Å². The summed E-state index contributed by atoms with van der Waals surface area (Å²) in [6.07, 6.45) is 0. The van der Waals surface area contributed by atoms with Crippen molar-refractivity contribution in [2.24, 2.45) is 5.73 Å². The number of thiol groups is 1. The average molecular weight is 128 g/mol. The van der Waals surface area contributed by atoms with E-state index in [1.165, 1.54) is 0 Å². The Morgan fingerprint density at radius 1 is 1.83 bits per heavy atom. The van der Waals surface area contributed by atoms with E-state index in [4.69, 9.17) is 5.73 Å². The highest BCUT2D eigenvalue weighted by Crippen LogP contribution is 1.83. The molecule has 6 heavy (non-hydrogen) atoms. The molecule has 1 nitrogen and oxygen atoms in total. The fraction of sp³-hybridized carbons (Fsp3) is 1.00. The van der Waals surface area contributed by atoms with Crippen LogP contribution in [0.25, 0.3) is 0 Å². The SMILES string of the molecule is CC(S)CN.Cl. The van der Waals surface area contributed by atoms with E-state index < -0.39 is 0 Å². The standard InChI is InChI=1S/C3H9NS.ClH/c1-3(5)2-4;/h3,5H,2,4H2,1H3;1H. The van der Waals surface area contributed by atoms with Crippen LogP contribution in [0.15, 0.2) is 0 Å². The van der Waals surface area contributed by atoms with Crippen molar-refractivity contribution >= 4 is 25.0 Å². The van der Waals surface area contributed by atoms with E-state index in [2.05, 4.69) is 12.6 Å². The topological polar surface area (TPSA) is 26.0 Å². The number of halogens is 1. The summed E-state index contributed by atoms with van der Waals surface area (Å²) in [5, 5.41) is 0.356. The van der Waals surface area contributed by atoms with Gasteiger partial charge in [0.1, 0.15) is 0 Å². The van der Waals surface area contributed by atoms with Gasteiger partial charge in [0, 0.05) is 11.8 Å². The minimum absolute atomic E-state index is 0. The molecule has 1 unspecified atom stereocenters. The van der Waals surface area contributed by atoms with E-state index in [-0.39, 0.29) is 12.4 Å². The highest BCUT2D eigenvalue weighted by molar-refractivity contribution is 7.80. The van der Waals surface area contributed by atoms with Gasteiger partial charge in [-0.05, 0) is 0 Å². The maximum absolute atomic E-state index is 5.09. The monoisotopic (exact) mass is 127 g/mol. The number of hydrogen-bond donors (Lipinski definition) is 2. The van der Waals surface area contributed by atoms with Crippen LogP contribution in [0, 0.1) is 0 Å². The Bertz CT molecular complexity index is 24.8. The quantitative estimate of drug-likeness (QED) is 0.498. The van der Waals surface area contributed by atoms with Crippen LogP contribution in [0.2, 0.25) is 0 Å². The highest BCUT2D eigenvalue weighted by Gasteiger charge is 1.81. The molecule has 0 saturated carbocycles. The predicted octanol–water partition coefficient (Wildman–Crippen LogP) is 0.685. The fourth-order valence-corrected chi connectivity index (χ4v) is 0. The van der Waals surface area contributed by atoms with Crippen molar-refractivity contribution in [2.75, 3.05) is 6.54 Å². The molecule has 0 aliphatic carbocycles. The first kappa shape index (κ1) is 9.78. The van der Waals surface area contributed by atoms with Crippen molar-refractivity contribution in [2.45, 2.75) is 12.2 Å². The summed E-state index contributed by atoms with van der Waals surface area (Å²) in [6.45, 7) is 2.63. The van der Waals surface area contributed by atoms with E-state index in [9.17, 15) is 0 Å². The van der Waals surface area contributed by atoms with Gasteiger partial charge >= 0.3 is 0 Å². The molecular weight excluding hydrogens is 118 g/mol. The summed E-state index contributed by atoms with van der Waals surface area (Å²) in [4.78, 5) is 0. The predicted molar refractivity (Wildman–Crippen MR) is 34.8 cm³/mol. The van der Waals surface area contributed by atoms with E-state index in [1.807, 2.05) is 6.92 Å². The smallest absolute Gasteiger partial charge is 0.0111 e. The second-order valence-electron chi connectivity index (χ2n) is 1.08. The summed E-state index contributed by atoms with van der Waals surface area (Å²) in [5.41, 5.74) is 5.09. The van der Waals surface area contributed by atoms with Gasteiger partial charge in [-0.2, -0.15) is 12.6 Å². The second kappa shape index (κ2) is 5.60. The van der Waals surface area contributed by atoms with Crippen molar-refractivity contribution in [3.05, 3.63) is 0 Å². The third kappa shape index (κ3) is 8.82. The number of hydrogen-bond acceptors (Lipinski definition) is 2. The molecule has 0 radical (unpaired) electrons. The van der Waals surface area contributed by atoms with Crippen LogP contribution in [0.5, 0.6) is 0 Å². The minimum atomic E-state index is 0. The van der Waals surface area contributed by atoms with Crippen molar-refractivity contribution in [3.8, 4) is 0 Å². The van der Waals surface area contributed by atoms with Gasteiger partial charge in [0.25, 0.3) is 0 Å². The lowest BCUT2D eigenvalue weighted by atomic mass is 10.5. The molecule has 0 bridgehead atoms. The first-order valence-corrected chi connectivity index (χ1v) is 2.17. The van der Waals surface area contributed by atoms with Crippen molar-refractivity contribution < 1.29 is 0 Å². The first-order valence-electron chi connectivity index (χ1n) is 1.65. The van der Waals surface area contributed by atoms with Crippen LogP contribution in [0.3, 0.4) is 0 Å². The van der Waals surface area contributed by atoms with E-state index in [0.717, 1.165) is 0 Å². The Balaban J connectivity index is 0. The first-order chi connectivity index (χ1) is 2.27. The van der Waals surface area contributed by atoms with E-state index in [1.54, 1.807) is 0 Å². The highest BCUT2D eigenvalue weighted by atomic mass is 35.5. The van der Waals surface area contributed by atoms with Crippen LogP contribution in [0.4, 0.5) is 0 Å². The van der Waals surface area contributed by atoms with Crippen LogP contribution < -0.4 is 5.73 Å². The number of nitrogens with two attached hydrogens (primary N) is 1. The normalized spacial score (nSPS) is 12.5. The molecule has 1 atom stereocenters. The van der Waals surface area contributed by atoms with Gasteiger partial charge in [0.15, 0.2) is 0 Å². The lowest BCUT2D eigenvalue weighted by Gasteiger charge is -1.90. The molecule has 0 heterocycles. The van der Waals surface area contributed by atoms with Crippen LogP contribution in [-0.4, -0.2) is 11.8 Å². The molecule has 0 amide bonds. The summed E-state index contributed by atoms with van der Waals surface area (Å²) in [5.74, 6) is 0. The van der Waals surface area contributed by atoms with Gasteiger partial charge in [-0.15, -0.1) is 12.4 Å². The summed E-state index contributed by atoms with van der Waals surface area (Å²) >= 11 is 3.97. The summed E-state index contributed by atoms with van der Waals surface area (Å²) in [7, 11) is 0. The molecule has 0 aromatic heterocycles. The third-order valence-corrected chi connectivity index (χ3v) is 0.552. The van der Waals surface area contributed by atoms with Crippen LogP contribution >= 0.6 is 25.0 Å². The molecule has 0 aliphatic heterocycles. The van der Waals surface area contributed by atoms with Gasteiger partial charge < -0.3 is 5.73 Å². The van der Waals surface area contributed by atoms with Gasteiger partial charge in [0.05, 0.1) is 0 Å². The molecule has 0 aromatic rings. The van der Waals surface area contributed by atoms with Crippen LogP contribution in [0.1, 0.15) is 6.92 Å². The molecular formula is C3H10ClNS. The van der Waals surface area contributed by atoms with E-state index >= 15 is 0 Å². The zero-order chi connectivity index (χ0) is 4.28. The van der Waals surface area contributed by atoms with E-state index in [0.29, 0.717) is 11.8 Å². The lowest BCUT2D eigenvalue weighted by Crippen LogP contribution is -2.08. The second-order valence-corrected chi connectivity index (χ2v) is 1.97. The molecule has 0 fully saturated rings. The van der Waals surface area contributed by atoms with Crippen LogP contribution in [-0.2, 0) is 0 Å². The molecule has 0 aromatic carbocycles. The Labute approximate surface area is 50.1 Å². The van der Waals surface area contributed by atoms with Gasteiger partial charge in [-0.25, -0.2) is 0 Å². The zero-order valence-electron chi connectivity index (χ0n) is 3.72. The fourth-order valence-electron chi connectivity index (χ4n) is 0. The third-order valence-electron chi connectivity index (χ3n) is 0.341. The van der Waals surface area contributed by atoms with Gasteiger partial charge in [-0.1, -0.05) is 6.92 Å². The van der Waals surface area contributed by atoms with Crippen molar-refractivity contribution in [3.63, 3.8) is 0 Å². The Morgan fingerprint density at radius 2 is 2.00 bits per heavy atom. The lowest BCUT2D eigenvalue weighted by molar-refractivity contribution is 0.959. The maximum atomic E-state index is 5.09. The maximum Gasteiger partial charge on any atom is 0.0111 e. The Hall–Kier alpha value is 0.600. The molecule has 2 N–H and O–H groups in total. The minimum Gasteiger partial charge on any atom is -0.329 e. The molecule has 0 rings (SSSR count). The Morgan fingerprint density at radius 3 is 2.00 bits per heavy atom. The molecule has 0 spiro atoms. The number of rotatable bonds is 1. The summed E-state index contributed by atoms with van der Waals surface area (Å²) in [6, 6.07) is 0. The van der Waals surface area contributed by atoms with Gasteiger partial charge in [0.2, 0.25) is 0 Å². The molecule has 40 valence electrons. The largest absolute Gasteiger partial charge is 0.329 e. The summed E-state index contributed by atoms with van der Waals surface area (Å²) < 4.78 is 0. The molecule has 0 saturated heterocycles. The molecule has 0 aliphatic rings. The Kier molecular flexibility index (Phi) is 9.13. The van der Waals surface area contributed by atoms with Crippen molar-refractivity contribution in [1.29, 1.82) is 0 Å². The zero-order valence-corrected chi connectivity index (χ0v) is 5.43. The molecule has 3 heteroatoms.